The minimum Gasteiger partial charge on any atom is -0.424 e. The molecule has 0 bridgehead atoms. The predicted octanol–water partition coefficient (Wildman–Crippen LogP) is 2.54. The highest BCUT2D eigenvalue weighted by atomic mass is 16.5. The summed E-state index contributed by atoms with van der Waals surface area (Å²) < 4.78 is 5.61. The summed E-state index contributed by atoms with van der Waals surface area (Å²) >= 11 is 0. The number of aliphatic imine (C=N–C) groups is 2. The standard InChI is InChI=1S/C17H20N4O3/c1-11-7-12(2)9-14(8-11)24-16(18-4)19-10-13(3)21-6-5-15(22)20-17(21)23/h7-10H,4-6H2,1-3H3,(H,20,22,23)/b13-10+,19-16?. The van der Waals surface area contributed by atoms with E-state index < -0.39 is 6.03 Å². The molecule has 1 heterocycles. The van der Waals surface area contributed by atoms with Crippen molar-refractivity contribution in [3.8, 4) is 5.75 Å². The quantitative estimate of drug-likeness (QED) is 0.683. The number of hydrogen-bond donors (Lipinski definition) is 1. The van der Waals surface area contributed by atoms with Gasteiger partial charge in [-0.25, -0.2) is 14.8 Å². The Morgan fingerprint density at radius 1 is 1.29 bits per heavy atom. The number of allylic oxidation sites excluding steroid dienone is 1. The van der Waals surface area contributed by atoms with Gasteiger partial charge in [0.1, 0.15) is 5.75 Å². The van der Waals surface area contributed by atoms with E-state index in [2.05, 4.69) is 22.0 Å². The Kier molecular flexibility index (Phi) is 5.47. The Balaban J connectivity index is 2.13. The van der Waals surface area contributed by atoms with Crippen molar-refractivity contribution in [1.82, 2.24) is 10.2 Å². The molecule has 1 fully saturated rings. The summed E-state index contributed by atoms with van der Waals surface area (Å²) in [7, 11) is 0. The lowest BCUT2D eigenvalue weighted by atomic mass is 10.1. The molecule has 1 aliphatic heterocycles. The molecule has 1 saturated heterocycles. The lowest BCUT2D eigenvalue weighted by molar-refractivity contribution is -0.121. The van der Waals surface area contributed by atoms with Crippen LogP contribution in [0.2, 0.25) is 0 Å². The molecule has 24 heavy (non-hydrogen) atoms. The molecule has 1 N–H and O–H groups in total. The highest BCUT2D eigenvalue weighted by molar-refractivity contribution is 5.97. The minimum atomic E-state index is -0.460. The maximum absolute atomic E-state index is 11.8. The van der Waals surface area contributed by atoms with Gasteiger partial charge >= 0.3 is 12.1 Å². The van der Waals surface area contributed by atoms with Crippen molar-refractivity contribution in [3.05, 3.63) is 41.2 Å². The molecular formula is C17H20N4O3. The third-order valence-corrected chi connectivity index (χ3v) is 3.38. The van der Waals surface area contributed by atoms with Gasteiger partial charge in [-0.3, -0.25) is 15.0 Å². The van der Waals surface area contributed by atoms with Gasteiger partial charge in [-0.1, -0.05) is 6.07 Å². The summed E-state index contributed by atoms with van der Waals surface area (Å²) in [5.41, 5.74) is 2.70. The van der Waals surface area contributed by atoms with Gasteiger partial charge in [0.2, 0.25) is 5.91 Å². The fourth-order valence-corrected chi connectivity index (χ4v) is 2.32. The van der Waals surface area contributed by atoms with Gasteiger partial charge in [-0.15, -0.1) is 0 Å². The lowest BCUT2D eigenvalue weighted by Gasteiger charge is -2.26. The number of nitrogens with zero attached hydrogens (tertiary/aromatic N) is 3. The first-order chi connectivity index (χ1) is 11.4. The number of carbonyl (C=O) groups is 2. The summed E-state index contributed by atoms with van der Waals surface area (Å²) in [5.74, 6) is 0.338. The van der Waals surface area contributed by atoms with Crippen LogP contribution in [0.15, 0.2) is 40.1 Å². The largest absolute Gasteiger partial charge is 0.424 e. The van der Waals surface area contributed by atoms with E-state index in [0.29, 0.717) is 18.0 Å². The highest BCUT2D eigenvalue weighted by Gasteiger charge is 2.23. The number of hydrogen-bond acceptors (Lipinski definition) is 4. The van der Waals surface area contributed by atoms with Crippen molar-refractivity contribution >= 4 is 24.7 Å². The molecule has 0 aliphatic carbocycles. The summed E-state index contributed by atoms with van der Waals surface area (Å²) in [4.78, 5) is 32.2. The second-order valence-corrected chi connectivity index (χ2v) is 5.52. The number of urea groups is 1. The van der Waals surface area contributed by atoms with E-state index in [1.165, 1.54) is 11.1 Å². The first-order valence-electron chi connectivity index (χ1n) is 7.48. The molecular weight excluding hydrogens is 308 g/mol. The Morgan fingerprint density at radius 3 is 2.54 bits per heavy atom. The molecule has 3 amide bonds. The number of nitrogens with one attached hydrogen (secondary N) is 1. The molecule has 0 unspecified atom stereocenters. The van der Waals surface area contributed by atoms with E-state index in [1.807, 2.05) is 32.0 Å². The zero-order chi connectivity index (χ0) is 17.7. The van der Waals surface area contributed by atoms with E-state index in [4.69, 9.17) is 4.74 Å². The van der Waals surface area contributed by atoms with Gasteiger partial charge in [0.25, 0.3) is 0 Å². The summed E-state index contributed by atoms with van der Waals surface area (Å²) in [6.07, 6.45) is 1.72. The van der Waals surface area contributed by atoms with E-state index in [1.54, 1.807) is 6.92 Å². The predicted molar refractivity (Wildman–Crippen MR) is 92.1 cm³/mol. The lowest BCUT2D eigenvalue weighted by Crippen LogP contribution is -2.48. The normalized spacial score (nSPS) is 16.0. The van der Waals surface area contributed by atoms with Crippen LogP contribution in [0.1, 0.15) is 24.5 Å². The topological polar surface area (TPSA) is 83.4 Å². The molecule has 7 heteroatoms. The first kappa shape index (κ1) is 17.4. The molecule has 126 valence electrons. The van der Waals surface area contributed by atoms with Crippen LogP contribution in [-0.4, -0.2) is 36.1 Å². The number of amidine groups is 1. The first-order valence-corrected chi connectivity index (χ1v) is 7.48. The van der Waals surface area contributed by atoms with Crippen LogP contribution in [0.25, 0.3) is 0 Å². The molecule has 0 spiro atoms. The molecule has 1 aliphatic rings. The van der Waals surface area contributed by atoms with Crippen molar-refractivity contribution in [2.75, 3.05) is 6.54 Å². The Labute approximate surface area is 140 Å². The van der Waals surface area contributed by atoms with Gasteiger partial charge in [-0.2, -0.15) is 0 Å². The van der Waals surface area contributed by atoms with Crippen LogP contribution in [0.3, 0.4) is 0 Å². The zero-order valence-electron chi connectivity index (χ0n) is 14.0. The summed E-state index contributed by atoms with van der Waals surface area (Å²) in [5, 5.41) is 2.26. The summed E-state index contributed by atoms with van der Waals surface area (Å²) in [6.45, 7) is 9.42. The third kappa shape index (κ3) is 4.52. The van der Waals surface area contributed by atoms with Gasteiger partial charge in [0.05, 0.1) is 6.20 Å². The molecule has 0 saturated carbocycles. The van der Waals surface area contributed by atoms with Crippen molar-refractivity contribution in [2.24, 2.45) is 9.98 Å². The van der Waals surface area contributed by atoms with Crippen LogP contribution < -0.4 is 10.1 Å². The van der Waals surface area contributed by atoms with Crippen LogP contribution in [-0.2, 0) is 4.79 Å². The minimum absolute atomic E-state index is 0.0767. The number of benzene rings is 1. The number of imide groups is 1. The van der Waals surface area contributed by atoms with Crippen LogP contribution >= 0.6 is 0 Å². The maximum Gasteiger partial charge on any atom is 0.328 e. The highest BCUT2D eigenvalue weighted by Crippen LogP contribution is 2.17. The van der Waals surface area contributed by atoms with Crippen LogP contribution in [0.5, 0.6) is 5.75 Å². The number of rotatable bonds is 3. The van der Waals surface area contributed by atoms with Crippen LogP contribution in [0.4, 0.5) is 4.79 Å². The average Bonchev–Trinajstić information content (AvgIpc) is 2.50. The monoisotopic (exact) mass is 328 g/mol. The molecule has 0 radical (unpaired) electrons. The van der Waals surface area contributed by atoms with Gasteiger partial charge < -0.3 is 4.74 Å². The number of amides is 3. The molecule has 2 rings (SSSR count). The number of ether oxygens (including phenoxy) is 1. The van der Waals surface area contributed by atoms with Crippen LogP contribution in [0, 0.1) is 13.8 Å². The fourth-order valence-electron chi connectivity index (χ4n) is 2.32. The third-order valence-electron chi connectivity index (χ3n) is 3.38. The maximum atomic E-state index is 11.8. The molecule has 0 atom stereocenters. The number of aryl methyl sites for hydroxylation is 2. The zero-order valence-corrected chi connectivity index (χ0v) is 14.0. The van der Waals surface area contributed by atoms with Gasteiger partial charge in [0.15, 0.2) is 0 Å². The SMILES string of the molecule is C=NC(=N/C=C(\C)N1CCC(=O)NC1=O)Oc1cc(C)cc(C)c1. The second kappa shape index (κ2) is 7.54. The summed E-state index contributed by atoms with van der Waals surface area (Å²) in [6, 6.07) is 5.39. The molecule has 7 nitrogen and oxygen atoms in total. The smallest absolute Gasteiger partial charge is 0.328 e. The Hall–Kier alpha value is -2.96. The van der Waals surface area contributed by atoms with E-state index in [0.717, 1.165) is 11.1 Å². The van der Waals surface area contributed by atoms with E-state index >= 15 is 0 Å². The Bertz CT molecular complexity index is 717. The van der Waals surface area contributed by atoms with Crippen molar-refractivity contribution in [1.29, 1.82) is 0 Å². The van der Waals surface area contributed by atoms with E-state index in [9.17, 15) is 9.59 Å². The van der Waals surface area contributed by atoms with Crippen molar-refractivity contribution < 1.29 is 14.3 Å². The van der Waals surface area contributed by atoms with Gasteiger partial charge in [-0.05, 0) is 50.7 Å². The fraction of sp³-hybridized carbons (Fsp3) is 0.294. The average molecular weight is 328 g/mol. The van der Waals surface area contributed by atoms with Crippen molar-refractivity contribution in [3.63, 3.8) is 0 Å². The van der Waals surface area contributed by atoms with Crippen molar-refractivity contribution in [2.45, 2.75) is 27.2 Å². The molecule has 1 aromatic rings. The molecule has 0 aromatic heterocycles. The Morgan fingerprint density at radius 2 is 1.96 bits per heavy atom. The molecule has 1 aromatic carbocycles. The van der Waals surface area contributed by atoms with E-state index in [-0.39, 0.29) is 18.3 Å². The second-order valence-electron chi connectivity index (χ2n) is 5.52. The number of carbonyl (C=O) groups excluding carboxylic acids is 2. The van der Waals surface area contributed by atoms with Gasteiger partial charge in [0, 0.05) is 18.7 Å².